The van der Waals surface area contributed by atoms with Crippen LogP contribution in [-0.2, 0) is 10.0 Å². The highest BCUT2D eigenvalue weighted by atomic mass is 32.2. The number of sulfonamides is 1. The predicted molar refractivity (Wildman–Crippen MR) is 98.8 cm³/mol. The van der Waals surface area contributed by atoms with Crippen molar-refractivity contribution in [3.8, 4) is 11.4 Å². The summed E-state index contributed by atoms with van der Waals surface area (Å²) in [6.07, 6.45) is 6.47. The third-order valence-electron chi connectivity index (χ3n) is 4.31. The lowest BCUT2D eigenvalue weighted by Crippen LogP contribution is -2.40. The molecular formula is C19H25N3O2S. The molecule has 0 saturated heterocycles. The molecule has 6 heteroatoms. The van der Waals surface area contributed by atoms with E-state index in [1.807, 2.05) is 32.9 Å². The van der Waals surface area contributed by atoms with Crippen LogP contribution < -0.4 is 4.72 Å². The van der Waals surface area contributed by atoms with Crippen LogP contribution in [0.3, 0.4) is 0 Å². The zero-order chi connectivity index (χ0) is 18.1. The van der Waals surface area contributed by atoms with Crippen LogP contribution in [0.1, 0.15) is 58.1 Å². The molecule has 0 bridgehead atoms. The van der Waals surface area contributed by atoms with Crippen LogP contribution in [0.4, 0.5) is 0 Å². The summed E-state index contributed by atoms with van der Waals surface area (Å²) in [7, 11) is -3.66. The number of hydrogen-bond donors (Lipinski definition) is 1. The van der Waals surface area contributed by atoms with Gasteiger partial charge in [0.1, 0.15) is 0 Å². The third kappa shape index (κ3) is 4.25. The molecule has 0 aliphatic heterocycles. The van der Waals surface area contributed by atoms with Gasteiger partial charge in [-0.3, -0.25) is 0 Å². The summed E-state index contributed by atoms with van der Waals surface area (Å²) in [6.45, 7) is 5.47. The van der Waals surface area contributed by atoms with Gasteiger partial charge in [0, 0.05) is 28.9 Å². The first-order chi connectivity index (χ1) is 11.8. The molecule has 5 nitrogen and oxygen atoms in total. The lowest BCUT2D eigenvalue weighted by Gasteiger charge is -2.21. The number of aromatic nitrogens is 2. The lowest BCUT2D eigenvalue weighted by atomic mass is 10.0. The molecule has 1 aliphatic carbocycles. The van der Waals surface area contributed by atoms with Gasteiger partial charge in [-0.25, -0.2) is 23.1 Å². The van der Waals surface area contributed by atoms with Gasteiger partial charge in [0.25, 0.3) is 0 Å². The Morgan fingerprint density at radius 1 is 1.08 bits per heavy atom. The lowest BCUT2D eigenvalue weighted by molar-refractivity contribution is 0.491. The van der Waals surface area contributed by atoms with E-state index < -0.39 is 15.6 Å². The van der Waals surface area contributed by atoms with Gasteiger partial charge in [0.15, 0.2) is 5.82 Å². The van der Waals surface area contributed by atoms with Crippen LogP contribution >= 0.6 is 0 Å². The van der Waals surface area contributed by atoms with E-state index in [-0.39, 0.29) is 4.90 Å². The van der Waals surface area contributed by atoms with Gasteiger partial charge in [-0.1, -0.05) is 25.0 Å². The maximum absolute atomic E-state index is 12.8. The van der Waals surface area contributed by atoms with Crippen molar-refractivity contribution in [3.05, 3.63) is 42.2 Å². The molecule has 0 unspecified atom stereocenters. The molecule has 0 amide bonds. The van der Waals surface area contributed by atoms with Crippen molar-refractivity contribution in [1.82, 2.24) is 14.7 Å². The van der Waals surface area contributed by atoms with Gasteiger partial charge in [-0.15, -0.1) is 0 Å². The molecule has 1 fully saturated rings. The van der Waals surface area contributed by atoms with Gasteiger partial charge < -0.3 is 0 Å². The Bertz CT molecular complexity index is 851. The number of benzene rings is 1. The molecule has 0 atom stereocenters. The van der Waals surface area contributed by atoms with Crippen LogP contribution in [-0.4, -0.2) is 23.9 Å². The van der Waals surface area contributed by atoms with Crippen molar-refractivity contribution >= 4 is 10.0 Å². The fourth-order valence-corrected chi connectivity index (χ4v) is 4.92. The molecule has 1 aliphatic rings. The van der Waals surface area contributed by atoms with Gasteiger partial charge in [-0.05, 0) is 51.8 Å². The monoisotopic (exact) mass is 359 g/mol. The summed E-state index contributed by atoms with van der Waals surface area (Å²) >= 11 is 0. The number of rotatable bonds is 4. The molecule has 1 aromatic heterocycles. The maximum atomic E-state index is 12.8. The van der Waals surface area contributed by atoms with E-state index in [9.17, 15) is 8.42 Å². The Hall–Kier alpha value is -1.79. The second kappa shape index (κ2) is 6.84. The highest BCUT2D eigenvalue weighted by molar-refractivity contribution is 7.89. The van der Waals surface area contributed by atoms with Crippen LogP contribution in [0.25, 0.3) is 11.4 Å². The molecule has 0 spiro atoms. The Labute approximate surface area is 150 Å². The quantitative estimate of drug-likeness (QED) is 0.899. The van der Waals surface area contributed by atoms with E-state index in [2.05, 4.69) is 9.71 Å². The Morgan fingerprint density at radius 2 is 1.76 bits per heavy atom. The third-order valence-corrected chi connectivity index (χ3v) is 6.12. The molecule has 3 rings (SSSR count). The summed E-state index contributed by atoms with van der Waals surface area (Å²) in [6, 6.07) is 8.86. The fourth-order valence-electron chi connectivity index (χ4n) is 3.30. The number of hydrogen-bond acceptors (Lipinski definition) is 4. The average molecular weight is 359 g/mol. The van der Waals surface area contributed by atoms with Crippen molar-refractivity contribution in [2.75, 3.05) is 0 Å². The second-order valence-corrected chi connectivity index (χ2v) is 9.29. The minimum Gasteiger partial charge on any atom is -0.237 e. The van der Waals surface area contributed by atoms with Crippen molar-refractivity contribution < 1.29 is 8.42 Å². The normalized spacial score (nSPS) is 16.3. The Balaban J connectivity index is 2.03. The highest BCUT2D eigenvalue weighted by Crippen LogP contribution is 2.34. The van der Waals surface area contributed by atoms with Crippen molar-refractivity contribution in [1.29, 1.82) is 0 Å². The molecule has 1 heterocycles. The highest BCUT2D eigenvalue weighted by Gasteiger charge is 2.26. The minimum atomic E-state index is -3.66. The standard InChI is InChI=1S/C19H25N3O2S/c1-19(2,3)22-25(23,24)17-11-7-6-10-15(17)18-20-13-12-16(21-18)14-8-4-5-9-14/h6-7,10-14,22H,4-5,8-9H2,1-3H3. The molecule has 1 aromatic carbocycles. The van der Waals surface area contributed by atoms with E-state index in [0.717, 1.165) is 18.5 Å². The first-order valence-corrected chi connectivity index (χ1v) is 10.2. The molecule has 134 valence electrons. The Kier molecular flexibility index (Phi) is 4.93. The maximum Gasteiger partial charge on any atom is 0.241 e. The average Bonchev–Trinajstić information content (AvgIpc) is 3.07. The SMILES string of the molecule is CC(C)(C)NS(=O)(=O)c1ccccc1-c1nccc(C2CCCC2)n1. The summed E-state index contributed by atoms with van der Waals surface area (Å²) < 4.78 is 28.3. The summed E-state index contributed by atoms with van der Waals surface area (Å²) in [5.41, 5.74) is 0.996. The van der Waals surface area contributed by atoms with Crippen molar-refractivity contribution in [2.24, 2.45) is 0 Å². The zero-order valence-corrected chi connectivity index (χ0v) is 15.8. The van der Waals surface area contributed by atoms with E-state index in [4.69, 9.17) is 4.98 Å². The van der Waals surface area contributed by atoms with E-state index in [0.29, 0.717) is 17.3 Å². The molecule has 2 aromatic rings. The largest absolute Gasteiger partial charge is 0.241 e. The first kappa shape index (κ1) is 18.0. The minimum absolute atomic E-state index is 0.216. The van der Waals surface area contributed by atoms with Crippen molar-refractivity contribution in [2.45, 2.75) is 62.8 Å². The molecule has 25 heavy (non-hydrogen) atoms. The number of nitrogens with zero attached hydrogens (tertiary/aromatic N) is 2. The van der Waals surface area contributed by atoms with Crippen molar-refractivity contribution in [3.63, 3.8) is 0 Å². The summed E-state index contributed by atoms with van der Waals surface area (Å²) in [4.78, 5) is 9.26. The Morgan fingerprint density at radius 3 is 2.44 bits per heavy atom. The van der Waals surface area contributed by atoms with E-state index in [1.54, 1.807) is 24.4 Å². The van der Waals surface area contributed by atoms with Gasteiger partial charge >= 0.3 is 0 Å². The molecule has 1 saturated carbocycles. The van der Waals surface area contributed by atoms with Crippen LogP contribution in [0.15, 0.2) is 41.4 Å². The first-order valence-electron chi connectivity index (χ1n) is 8.73. The summed E-state index contributed by atoms with van der Waals surface area (Å²) in [5.74, 6) is 0.928. The molecular weight excluding hydrogens is 334 g/mol. The molecule has 0 radical (unpaired) electrons. The molecule has 1 N–H and O–H groups in total. The smallest absolute Gasteiger partial charge is 0.237 e. The zero-order valence-electron chi connectivity index (χ0n) is 15.0. The fraction of sp³-hybridized carbons (Fsp3) is 0.474. The van der Waals surface area contributed by atoms with Gasteiger partial charge in [-0.2, -0.15) is 0 Å². The van der Waals surface area contributed by atoms with Crippen LogP contribution in [0, 0.1) is 0 Å². The second-order valence-electron chi connectivity index (χ2n) is 7.64. The van der Waals surface area contributed by atoms with E-state index in [1.165, 1.54) is 12.8 Å². The van der Waals surface area contributed by atoms with E-state index >= 15 is 0 Å². The van der Waals surface area contributed by atoms with Crippen LogP contribution in [0.2, 0.25) is 0 Å². The summed E-state index contributed by atoms with van der Waals surface area (Å²) in [5, 5.41) is 0. The van der Waals surface area contributed by atoms with Gasteiger partial charge in [0.05, 0.1) is 4.90 Å². The number of nitrogens with one attached hydrogen (secondary N) is 1. The topological polar surface area (TPSA) is 72.0 Å². The predicted octanol–water partition coefficient (Wildman–Crippen LogP) is 3.88. The van der Waals surface area contributed by atoms with Crippen LogP contribution in [0.5, 0.6) is 0 Å². The van der Waals surface area contributed by atoms with Gasteiger partial charge in [0.2, 0.25) is 10.0 Å².